The molecule has 4 nitrogen and oxygen atoms in total. The van der Waals surface area contributed by atoms with Crippen molar-refractivity contribution in [1.82, 2.24) is 0 Å². The minimum Gasteiger partial charge on any atom is -0.496 e. The number of para-hydroxylation sites is 2. The second-order valence-electron chi connectivity index (χ2n) is 8.48. The number of rotatable bonds is 4. The Morgan fingerprint density at radius 1 is 0.848 bits per heavy atom. The number of amides is 1. The molecule has 1 aliphatic heterocycles. The van der Waals surface area contributed by atoms with Crippen LogP contribution in [0.4, 0.5) is 10.1 Å². The molecule has 0 aromatic heterocycles. The van der Waals surface area contributed by atoms with Crippen LogP contribution in [0.15, 0.2) is 90.1 Å². The second-order valence-corrected chi connectivity index (χ2v) is 8.48. The van der Waals surface area contributed by atoms with Crippen molar-refractivity contribution in [2.45, 2.75) is 31.1 Å². The molecule has 0 saturated heterocycles. The van der Waals surface area contributed by atoms with Crippen LogP contribution in [0.3, 0.4) is 0 Å². The normalized spacial score (nSPS) is 20.6. The molecule has 2 aliphatic rings. The summed E-state index contributed by atoms with van der Waals surface area (Å²) in [6, 6.07) is 23.5. The Morgan fingerprint density at radius 2 is 1.55 bits per heavy atom. The van der Waals surface area contributed by atoms with Gasteiger partial charge in [-0.1, -0.05) is 60.7 Å². The maximum atomic E-state index is 14.8. The average Bonchev–Trinajstić information content (AvgIpc) is 2.84. The Kier molecular flexibility index (Phi) is 5.55. The van der Waals surface area contributed by atoms with E-state index >= 15 is 0 Å². The molecule has 3 aromatic rings. The number of anilines is 1. The summed E-state index contributed by atoms with van der Waals surface area (Å²) in [6.07, 6.45) is 0.917. The van der Waals surface area contributed by atoms with Crippen molar-refractivity contribution in [2.24, 2.45) is 0 Å². The van der Waals surface area contributed by atoms with E-state index in [0.29, 0.717) is 29.9 Å². The zero-order valence-electron chi connectivity index (χ0n) is 18.3. The molecule has 0 fully saturated rings. The van der Waals surface area contributed by atoms with E-state index in [2.05, 4.69) is 0 Å². The van der Waals surface area contributed by atoms with E-state index in [0.717, 1.165) is 11.1 Å². The number of benzene rings is 3. The molecule has 5 heteroatoms. The first kappa shape index (κ1) is 21.1. The topological polar surface area (TPSA) is 46.6 Å². The molecule has 2 unspecified atom stereocenters. The summed E-state index contributed by atoms with van der Waals surface area (Å²) in [6.45, 7) is 0. The third kappa shape index (κ3) is 3.74. The Bertz CT molecular complexity index is 1250. The van der Waals surface area contributed by atoms with Crippen molar-refractivity contribution in [3.63, 3.8) is 0 Å². The molecular formula is C28H24FNO3. The number of Topliss-reactive ketones (excluding diaryl/α,β-unsaturated/α-hetero) is 1. The number of methoxy groups -OCH3 is 1. The van der Waals surface area contributed by atoms with Crippen LogP contribution in [-0.2, 0) is 9.59 Å². The standard InChI is InChI=1S/C28H24FNO3/c1-33-26-14-8-5-11-20(26)21-17-27(32)30(23-13-7-6-12-22(23)29)24-15-19(16-25(31)28(21)24)18-9-3-2-4-10-18/h2-14,19,21H,15-17H2,1H3. The number of ketones is 1. The molecule has 5 rings (SSSR count). The largest absolute Gasteiger partial charge is 0.496 e. The van der Waals surface area contributed by atoms with E-state index in [1.165, 1.54) is 11.0 Å². The first-order valence-corrected chi connectivity index (χ1v) is 11.1. The fourth-order valence-electron chi connectivity index (χ4n) is 5.13. The van der Waals surface area contributed by atoms with Gasteiger partial charge in [-0.05, 0) is 36.1 Å². The highest BCUT2D eigenvalue weighted by Gasteiger charge is 2.43. The van der Waals surface area contributed by atoms with Crippen LogP contribution >= 0.6 is 0 Å². The van der Waals surface area contributed by atoms with Gasteiger partial charge in [0.2, 0.25) is 5.91 Å². The van der Waals surface area contributed by atoms with E-state index in [-0.39, 0.29) is 29.7 Å². The van der Waals surface area contributed by atoms with E-state index in [4.69, 9.17) is 4.74 Å². The van der Waals surface area contributed by atoms with Gasteiger partial charge in [0.05, 0.1) is 12.8 Å². The van der Waals surface area contributed by atoms with Crippen molar-refractivity contribution >= 4 is 17.4 Å². The van der Waals surface area contributed by atoms with Gasteiger partial charge in [0.25, 0.3) is 0 Å². The summed E-state index contributed by atoms with van der Waals surface area (Å²) in [4.78, 5) is 28.6. The van der Waals surface area contributed by atoms with Gasteiger partial charge in [0.15, 0.2) is 5.78 Å². The predicted octanol–water partition coefficient (Wildman–Crippen LogP) is 5.76. The molecule has 1 heterocycles. The lowest BCUT2D eigenvalue weighted by molar-refractivity contribution is -0.120. The first-order valence-electron chi connectivity index (χ1n) is 11.1. The maximum absolute atomic E-state index is 14.8. The molecule has 166 valence electrons. The van der Waals surface area contributed by atoms with Gasteiger partial charge in [-0.25, -0.2) is 4.39 Å². The molecule has 33 heavy (non-hydrogen) atoms. The minimum absolute atomic E-state index is 0.00477. The number of hydrogen-bond acceptors (Lipinski definition) is 3. The van der Waals surface area contributed by atoms with Gasteiger partial charge in [-0.2, -0.15) is 0 Å². The summed E-state index contributed by atoms with van der Waals surface area (Å²) in [5, 5.41) is 0. The minimum atomic E-state index is -0.484. The van der Waals surface area contributed by atoms with Crippen molar-refractivity contribution in [3.8, 4) is 5.75 Å². The van der Waals surface area contributed by atoms with Crippen molar-refractivity contribution in [2.75, 3.05) is 12.0 Å². The molecule has 3 aromatic carbocycles. The number of hydrogen-bond donors (Lipinski definition) is 0. The quantitative estimate of drug-likeness (QED) is 0.518. The molecule has 0 N–H and O–H groups in total. The summed E-state index contributed by atoms with van der Waals surface area (Å²) >= 11 is 0. The number of halogens is 1. The van der Waals surface area contributed by atoms with Crippen LogP contribution in [0.25, 0.3) is 0 Å². The van der Waals surface area contributed by atoms with Crippen molar-refractivity contribution in [3.05, 3.63) is 107 Å². The van der Waals surface area contributed by atoms with Gasteiger partial charge in [-0.3, -0.25) is 14.5 Å². The Balaban J connectivity index is 1.69. The van der Waals surface area contributed by atoms with Crippen LogP contribution in [0.2, 0.25) is 0 Å². The number of carbonyl (C=O) groups excluding carboxylic acids is 2. The first-order chi connectivity index (χ1) is 16.1. The third-order valence-electron chi connectivity index (χ3n) is 6.61. The lowest BCUT2D eigenvalue weighted by Crippen LogP contribution is -2.42. The van der Waals surface area contributed by atoms with Gasteiger partial charge >= 0.3 is 0 Å². The lowest BCUT2D eigenvalue weighted by Gasteiger charge is -2.40. The van der Waals surface area contributed by atoms with Crippen molar-refractivity contribution in [1.29, 1.82) is 0 Å². The smallest absolute Gasteiger partial charge is 0.232 e. The fraction of sp³-hybridized carbons (Fsp3) is 0.214. The number of nitrogens with zero attached hydrogens (tertiary/aromatic N) is 1. The van der Waals surface area contributed by atoms with E-state index in [1.807, 2.05) is 54.6 Å². The highest BCUT2D eigenvalue weighted by Crippen LogP contribution is 2.48. The molecule has 0 radical (unpaired) electrons. The van der Waals surface area contributed by atoms with Crippen LogP contribution in [-0.4, -0.2) is 18.8 Å². The van der Waals surface area contributed by atoms with Crippen LogP contribution < -0.4 is 9.64 Å². The monoisotopic (exact) mass is 441 g/mol. The van der Waals surface area contributed by atoms with E-state index in [9.17, 15) is 14.0 Å². The summed E-state index contributed by atoms with van der Waals surface area (Å²) < 4.78 is 20.4. The molecule has 2 atom stereocenters. The third-order valence-corrected chi connectivity index (χ3v) is 6.61. The molecule has 0 saturated carbocycles. The lowest BCUT2D eigenvalue weighted by atomic mass is 9.72. The zero-order valence-corrected chi connectivity index (χ0v) is 18.3. The van der Waals surface area contributed by atoms with Gasteiger partial charge in [-0.15, -0.1) is 0 Å². The zero-order chi connectivity index (χ0) is 22.9. The Hall–Kier alpha value is -3.73. The summed E-state index contributed by atoms with van der Waals surface area (Å²) in [5.74, 6) is -0.569. The predicted molar refractivity (Wildman–Crippen MR) is 125 cm³/mol. The molecule has 0 spiro atoms. The second kappa shape index (κ2) is 8.66. The SMILES string of the molecule is COc1ccccc1C1CC(=O)N(c2ccccc2F)C2=C1C(=O)CC(c1ccccc1)C2. The molecular weight excluding hydrogens is 417 g/mol. The Labute approximate surface area is 192 Å². The van der Waals surface area contributed by atoms with Crippen LogP contribution in [0.5, 0.6) is 5.75 Å². The highest BCUT2D eigenvalue weighted by molar-refractivity contribution is 6.08. The Morgan fingerprint density at radius 3 is 2.30 bits per heavy atom. The maximum Gasteiger partial charge on any atom is 0.232 e. The summed E-state index contributed by atoms with van der Waals surface area (Å²) in [7, 11) is 1.58. The van der Waals surface area contributed by atoms with E-state index < -0.39 is 11.7 Å². The fourth-order valence-corrected chi connectivity index (χ4v) is 5.13. The highest BCUT2D eigenvalue weighted by atomic mass is 19.1. The molecule has 0 bridgehead atoms. The molecule has 1 aliphatic carbocycles. The van der Waals surface area contributed by atoms with Crippen LogP contribution in [0.1, 0.15) is 42.2 Å². The average molecular weight is 442 g/mol. The van der Waals surface area contributed by atoms with E-state index in [1.54, 1.807) is 25.3 Å². The number of allylic oxidation sites excluding steroid dienone is 2. The van der Waals surface area contributed by atoms with Gasteiger partial charge < -0.3 is 4.74 Å². The van der Waals surface area contributed by atoms with Crippen LogP contribution in [0, 0.1) is 5.82 Å². The van der Waals surface area contributed by atoms with Gasteiger partial charge in [0.1, 0.15) is 11.6 Å². The van der Waals surface area contributed by atoms with Crippen molar-refractivity contribution < 1.29 is 18.7 Å². The summed E-state index contributed by atoms with van der Waals surface area (Å²) in [5.41, 5.74) is 3.22. The molecule has 1 amide bonds. The number of ether oxygens (including phenoxy) is 1. The number of carbonyl (C=O) groups is 2. The van der Waals surface area contributed by atoms with Gasteiger partial charge in [0, 0.05) is 35.6 Å².